The van der Waals surface area contributed by atoms with Crippen LogP contribution in [-0.2, 0) is 23.0 Å². The van der Waals surface area contributed by atoms with E-state index in [2.05, 4.69) is 9.71 Å². The van der Waals surface area contributed by atoms with Crippen LogP contribution < -0.4 is 4.72 Å². The molecule has 1 aliphatic rings. The van der Waals surface area contributed by atoms with Crippen molar-refractivity contribution in [2.24, 2.45) is 5.92 Å². The van der Waals surface area contributed by atoms with Crippen LogP contribution >= 0.6 is 11.3 Å². The smallest absolute Gasteiger partial charge is 0.211 e. The Kier molecular flexibility index (Phi) is 4.75. The molecule has 0 aliphatic heterocycles. The Bertz CT molecular complexity index is 478. The van der Waals surface area contributed by atoms with E-state index in [1.807, 2.05) is 12.3 Å². The van der Waals surface area contributed by atoms with Gasteiger partial charge in [0.1, 0.15) is 0 Å². The first-order valence-corrected chi connectivity index (χ1v) is 9.03. The molecule has 1 aliphatic carbocycles. The fourth-order valence-corrected chi connectivity index (χ4v) is 3.85. The lowest BCUT2D eigenvalue weighted by molar-refractivity contribution is 0.307. The molecule has 0 saturated heterocycles. The van der Waals surface area contributed by atoms with Crippen LogP contribution in [0.2, 0.25) is 0 Å². The number of nitrogens with zero attached hydrogens (tertiary/aromatic N) is 1. The zero-order valence-corrected chi connectivity index (χ0v) is 12.3. The Labute approximate surface area is 113 Å². The Hall–Kier alpha value is -0.460. The first-order valence-electron chi connectivity index (χ1n) is 6.49. The molecule has 0 bridgehead atoms. The molecule has 1 heterocycles. The van der Waals surface area contributed by atoms with Crippen LogP contribution in [-0.4, -0.2) is 19.2 Å². The molecule has 0 amide bonds. The predicted octanol–water partition coefficient (Wildman–Crippen LogP) is 2.32. The summed E-state index contributed by atoms with van der Waals surface area (Å²) in [6, 6.07) is 0. The average Bonchev–Trinajstić information content (AvgIpc) is 2.72. The van der Waals surface area contributed by atoms with E-state index in [4.69, 9.17) is 0 Å². The van der Waals surface area contributed by atoms with Crippen molar-refractivity contribution in [3.63, 3.8) is 0 Å². The molecule has 0 atom stereocenters. The van der Waals surface area contributed by atoms with Crippen molar-refractivity contribution >= 4 is 21.4 Å². The van der Waals surface area contributed by atoms with Gasteiger partial charge in [-0.3, -0.25) is 0 Å². The van der Waals surface area contributed by atoms with E-state index >= 15 is 0 Å². The Morgan fingerprint density at radius 1 is 1.50 bits per heavy atom. The SMILES string of the molecule is CCc1nc(CNS(=O)(=O)CCC2CCC2)cs1. The second-order valence-corrected chi connectivity index (χ2v) is 7.68. The van der Waals surface area contributed by atoms with E-state index in [9.17, 15) is 8.42 Å². The molecule has 0 radical (unpaired) electrons. The highest BCUT2D eigenvalue weighted by molar-refractivity contribution is 7.89. The summed E-state index contributed by atoms with van der Waals surface area (Å²) in [7, 11) is -3.13. The van der Waals surface area contributed by atoms with Crippen LogP contribution in [0.5, 0.6) is 0 Å². The molecule has 18 heavy (non-hydrogen) atoms. The molecule has 1 aromatic rings. The summed E-state index contributed by atoms with van der Waals surface area (Å²) in [5.41, 5.74) is 0.823. The maximum Gasteiger partial charge on any atom is 0.211 e. The van der Waals surface area contributed by atoms with Crippen molar-refractivity contribution in [3.8, 4) is 0 Å². The lowest BCUT2D eigenvalue weighted by Gasteiger charge is -2.24. The average molecular weight is 288 g/mol. The molecule has 0 unspecified atom stereocenters. The van der Waals surface area contributed by atoms with Gasteiger partial charge in [0, 0.05) is 5.38 Å². The quantitative estimate of drug-likeness (QED) is 0.837. The summed E-state index contributed by atoms with van der Waals surface area (Å²) >= 11 is 1.59. The highest BCUT2D eigenvalue weighted by Crippen LogP contribution is 2.29. The van der Waals surface area contributed by atoms with Crippen LogP contribution in [0.15, 0.2) is 5.38 Å². The van der Waals surface area contributed by atoms with E-state index in [0.717, 1.165) is 23.5 Å². The lowest BCUT2D eigenvalue weighted by atomic mass is 9.84. The van der Waals surface area contributed by atoms with Gasteiger partial charge in [-0.2, -0.15) is 0 Å². The van der Waals surface area contributed by atoms with Gasteiger partial charge in [0.05, 0.1) is 23.0 Å². The lowest BCUT2D eigenvalue weighted by Crippen LogP contribution is -2.28. The van der Waals surface area contributed by atoms with Gasteiger partial charge in [-0.05, 0) is 18.8 Å². The van der Waals surface area contributed by atoms with Gasteiger partial charge in [0.2, 0.25) is 10.0 Å². The molecular weight excluding hydrogens is 268 g/mol. The van der Waals surface area contributed by atoms with Gasteiger partial charge in [-0.25, -0.2) is 18.1 Å². The third kappa shape index (κ3) is 4.03. The number of rotatable bonds is 7. The Morgan fingerprint density at radius 2 is 2.28 bits per heavy atom. The van der Waals surface area contributed by atoms with Crippen LogP contribution in [0.3, 0.4) is 0 Å². The fourth-order valence-electron chi connectivity index (χ4n) is 1.95. The molecule has 1 aromatic heterocycles. The number of hydrogen-bond donors (Lipinski definition) is 1. The van der Waals surface area contributed by atoms with Crippen LogP contribution in [0, 0.1) is 5.92 Å². The van der Waals surface area contributed by atoms with Crippen LogP contribution in [0.25, 0.3) is 0 Å². The Balaban J connectivity index is 1.76. The van der Waals surface area contributed by atoms with Gasteiger partial charge in [0.15, 0.2) is 0 Å². The summed E-state index contributed by atoms with van der Waals surface area (Å²) in [6.45, 7) is 2.37. The molecule has 6 heteroatoms. The molecule has 0 aromatic carbocycles. The van der Waals surface area contributed by atoms with E-state index in [0.29, 0.717) is 12.5 Å². The minimum Gasteiger partial charge on any atom is -0.245 e. The van der Waals surface area contributed by atoms with E-state index < -0.39 is 10.0 Å². The van der Waals surface area contributed by atoms with Crippen LogP contribution in [0.4, 0.5) is 0 Å². The first-order chi connectivity index (χ1) is 8.59. The van der Waals surface area contributed by atoms with Crippen molar-refractivity contribution in [2.45, 2.75) is 45.6 Å². The largest absolute Gasteiger partial charge is 0.245 e. The molecule has 1 N–H and O–H groups in total. The highest BCUT2D eigenvalue weighted by Gasteiger charge is 2.20. The van der Waals surface area contributed by atoms with Gasteiger partial charge in [0.25, 0.3) is 0 Å². The minimum absolute atomic E-state index is 0.252. The summed E-state index contributed by atoms with van der Waals surface area (Å²) < 4.78 is 26.2. The molecule has 0 spiro atoms. The summed E-state index contributed by atoms with van der Waals surface area (Å²) in [6.07, 6.45) is 5.35. The standard InChI is InChI=1S/C12H20N2O2S2/c1-2-12-14-11(9-17-12)8-13-18(15,16)7-6-10-4-3-5-10/h9-10,13H,2-8H2,1H3. The third-order valence-electron chi connectivity index (χ3n) is 3.39. The fraction of sp³-hybridized carbons (Fsp3) is 0.750. The second kappa shape index (κ2) is 6.12. The number of aryl methyl sites for hydroxylation is 1. The maximum absolute atomic E-state index is 11.8. The van der Waals surface area contributed by atoms with Crippen LogP contribution in [0.1, 0.15) is 43.3 Å². The van der Waals surface area contributed by atoms with E-state index in [1.165, 1.54) is 19.3 Å². The zero-order chi connectivity index (χ0) is 13.0. The minimum atomic E-state index is -3.13. The first kappa shape index (κ1) is 14.0. The molecule has 4 nitrogen and oxygen atoms in total. The predicted molar refractivity (Wildman–Crippen MR) is 74.1 cm³/mol. The Morgan fingerprint density at radius 3 is 2.83 bits per heavy atom. The highest BCUT2D eigenvalue weighted by atomic mass is 32.2. The van der Waals surface area contributed by atoms with Crippen molar-refractivity contribution in [1.29, 1.82) is 0 Å². The van der Waals surface area contributed by atoms with E-state index in [-0.39, 0.29) is 5.75 Å². The summed E-state index contributed by atoms with van der Waals surface area (Å²) in [5.74, 6) is 0.884. The number of nitrogens with one attached hydrogen (secondary N) is 1. The summed E-state index contributed by atoms with van der Waals surface area (Å²) in [5, 5.41) is 2.98. The second-order valence-electron chi connectivity index (χ2n) is 4.81. The van der Waals surface area contributed by atoms with Crippen molar-refractivity contribution in [3.05, 3.63) is 16.1 Å². The van der Waals surface area contributed by atoms with Gasteiger partial charge in [-0.1, -0.05) is 26.2 Å². The molecular formula is C12H20N2O2S2. The van der Waals surface area contributed by atoms with Crippen molar-refractivity contribution < 1.29 is 8.42 Å². The number of thiazole rings is 1. The summed E-state index contributed by atoms with van der Waals surface area (Å²) in [4.78, 5) is 4.35. The van der Waals surface area contributed by atoms with Crippen molar-refractivity contribution in [2.75, 3.05) is 5.75 Å². The third-order valence-corrected chi connectivity index (χ3v) is 5.79. The molecule has 1 saturated carbocycles. The zero-order valence-electron chi connectivity index (χ0n) is 10.7. The van der Waals surface area contributed by atoms with Gasteiger partial charge >= 0.3 is 0 Å². The van der Waals surface area contributed by atoms with Crippen molar-refractivity contribution in [1.82, 2.24) is 9.71 Å². The topological polar surface area (TPSA) is 59.1 Å². The normalized spacial score (nSPS) is 16.7. The van der Waals surface area contributed by atoms with Gasteiger partial charge < -0.3 is 0 Å². The maximum atomic E-state index is 11.8. The molecule has 102 valence electrons. The monoisotopic (exact) mass is 288 g/mol. The number of hydrogen-bond acceptors (Lipinski definition) is 4. The molecule has 1 fully saturated rings. The molecule has 2 rings (SSSR count). The van der Waals surface area contributed by atoms with E-state index in [1.54, 1.807) is 11.3 Å². The van der Waals surface area contributed by atoms with Gasteiger partial charge in [-0.15, -0.1) is 11.3 Å². The number of aromatic nitrogens is 1. The number of sulfonamides is 1.